The van der Waals surface area contributed by atoms with Crippen molar-refractivity contribution in [3.8, 4) is 0 Å². The number of nitrogens with one attached hydrogen (secondary N) is 1. The minimum atomic E-state index is -0.235. The predicted molar refractivity (Wildman–Crippen MR) is 59.8 cm³/mol. The summed E-state index contributed by atoms with van der Waals surface area (Å²) >= 11 is 4.32. The van der Waals surface area contributed by atoms with Crippen molar-refractivity contribution in [1.82, 2.24) is 14.6 Å². The summed E-state index contributed by atoms with van der Waals surface area (Å²) in [5, 5.41) is 6.89. The average Bonchev–Trinajstić information content (AvgIpc) is 2.71. The van der Waals surface area contributed by atoms with Crippen molar-refractivity contribution in [3.05, 3.63) is 34.7 Å². The van der Waals surface area contributed by atoms with E-state index >= 15 is 0 Å². The van der Waals surface area contributed by atoms with E-state index in [4.69, 9.17) is 0 Å². The lowest BCUT2D eigenvalue weighted by Gasteiger charge is -2.02. The van der Waals surface area contributed by atoms with Gasteiger partial charge in [0.15, 0.2) is 0 Å². The van der Waals surface area contributed by atoms with E-state index in [2.05, 4.69) is 35.8 Å². The first-order valence-electron chi connectivity index (χ1n) is 3.96. The van der Waals surface area contributed by atoms with Crippen molar-refractivity contribution < 1.29 is 4.79 Å². The van der Waals surface area contributed by atoms with Gasteiger partial charge in [0.05, 0.1) is 11.8 Å². The van der Waals surface area contributed by atoms with E-state index < -0.39 is 0 Å². The number of carbonyl (C=O) groups excluding carboxylic acids is 1. The van der Waals surface area contributed by atoms with Crippen LogP contribution in [0.3, 0.4) is 0 Å². The van der Waals surface area contributed by atoms with E-state index in [1.54, 1.807) is 18.3 Å². The van der Waals surface area contributed by atoms with Crippen molar-refractivity contribution in [2.75, 3.05) is 5.32 Å². The van der Waals surface area contributed by atoms with Crippen LogP contribution in [-0.2, 0) is 0 Å². The lowest BCUT2D eigenvalue weighted by Crippen LogP contribution is -2.11. The summed E-state index contributed by atoms with van der Waals surface area (Å²) in [5.74, 6) is -0.235. The van der Waals surface area contributed by atoms with Gasteiger partial charge in [0.2, 0.25) is 0 Å². The molecule has 0 radical (unpaired) electrons. The van der Waals surface area contributed by atoms with Gasteiger partial charge >= 0.3 is 0 Å². The number of nitrogens with zero attached hydrogens (tertiary/aromatic N) is 3. The van der Waals surface area contributed by atoms with E-state index in [1.807, 2.05) is 0 Å². The molecule has 0 bridgehead atoms. The lowest BCUT2D eigenvalue weighted by molar-refractivity contribution is 0.102. The maximum atomic E-state index is 11.7. The highest BCUT2D eigenvalue weighted by Gasteiger charge is 2.11. The maximum Gasteiger partial charge on any atom is 0.259 e. The van der Waals surface area contributed by atoms with E-state index in [1.165, 1.54) is 6.20 Å². The largest absolute Gasteiger partial charge is 0.311 e. The molecule has 76 valence electrons. The third-order valence-corrected chi connectivity index (χ3v) is 2.81. The average molecular weight is 285 g/mol. The molecule has 0 aliphatic carbocycles. The molecule has 0 fully saturated rings. The molecule has 0 unspecified atom stereocenters. The Morgan fingerprint density at radius 2 is 2.40 bits per heavy atom. The third kappa shape index (κ3) is 2.37. The molecule has 1 N–H and O–H groups in total. The second-order valence-electron chi connectivity index (χ2n) is 2.58. The van der Waals surface area contributed by atoms with E-state index in [-0.39, 0.29) is 5.91 Å². The van der Waals surface area contributed by atoms with Gasteiger partial charge < -0.3 is 5.32 Å². The van der Waals surface area contributed by atoms with E-state index in [9.17, 15) is 4.79 Å². The molecule has 0 spiro atoms. The minimum absolute atomic E-state index is 0.235. The van der Waals surface area contributed by atoms with Crippen LogP contribution in [0.2, 0.25) is 0 Å². The van der Waals surface area contributed by atoms with Crippen molar-refractivity contribution in [1.29, 1.82) is 0 Å². The van der Waals surface area contributed by atoms with Crippen LogP contribution in [0.4, 0.5) is 5.00 Å². The fourth-order valence-corrected chi connectivity index (χ4v) is 1.80. The van der Waals surface area contributed by atoms with Crippen molar-refractivity contribution >= 4 is 38.4 Å². The second-order valence-corrected chi connectivity index (χ2v) is 4.11. The van der Waals surface area contributed by atoms with Gasteiger partial charge in [-0.15, -0.1) is 5.10 Å². The minimum Gasteiger partial charge on any atom is -0.311 e. The van der Waals surface area contributed by atoms with Gasteiger partial charge in [0, 0.05) is 17.7 Å². The Labute approximate surface area is 97.8 Å². The van der Waals surface area contributed by atoms with Gasteiger partial charge in [-0.25, -0.2) is 4.98 Å². The van der Waals surface area contributed by atoms with Gasteiger partial charge in [0.1, 0.15) is 9.60 Å². The van der Waals surface area contributed by atoms with Crippen LogP contribution in [0.5, 0.6) is 0 Å². The summed E-state index contributed by atoms with van der Waals surface area (Å²) < 4.78 is 4.15. The molecule has 0 saturated heterocycles. The Hall–Kier alpha value is -1.34. The second kappa shape index (κ2) is 4.45. The highest BCUT2D eigenvalue weighted by molar-refractivity contribution is 9.10. The number of hydrogen-bond donors (Lipinski definition) is 1. The first kappa shape index (κ1) is 10.2. The molecule has 5 nitrogen and oxygen atoms in total. The number of carbonyl (C=O) groups is 1. The topological polar surface area (TPSA) is 67.8 Å². The summed E-state index contributed by atoms with van der Waals surface area (Å²) in [6, 6.07) is 3.38. The highest BCUT2D eigenvalue weighted by atomic mass is 79.9. The number of amides is 1. The molecular formula is C8H5BrN4OS. The van der Waals surface area contributed by atoms with Crippen LogP contribution in [0.25, 0.3) is 0 Å². The van der Waals surface area contributed by atoms with Crippen molar-refractivity contribution in [2.24, 2.45) is 0 Å². The number of hydrogen-bond acceptors (Lipinski definition) is 5. The van der Waals surface area contributed by atoms with Crippen LogP contribution < -0.4 is 5.32 Å². The summed E-state index contributed by atoms with van der Waals surface area (Å²) in [5.41, 5.74) is 0.478. The first-order valence-corrected chi connectivity index (χ1v) is 5.53. The number of aromatic nitrogens is 3. The van der Waals surface area contributed by atoms with Crippen molar-refractivity contribution in [2.45, 2.75) is 0 Å². The quantitative estimate of drug-likeness (QED) is 0.856. The molecule has 1 amide bonds. The zero-order valence-electron chi connectivity index (χ0n) is 7.35. The Kier molecular flexibility index (Phi) is 3.02. The van der Waals surface area contributed by atoms with Crippen LogP contribution in [0.15, 0.2) is 29.1 Å². The van der Waals surface area contributed by atoms with Gasteiger partial charge in [-0.05, 0) is 28.1 Å². The summed E-state index contributed by atoms with van der Waals surface area (Å²) in [4.78, 5) is 15.7. The molecule has 2 aromatic heterocycles. The fourth-order valence-electron chi connectivity index (χ4n) is 0.957. The molecule has 7 heteroatoms. The van der Waals surface area contributed by atoms with Gasteiger partial charge in [-0.1, -0.05) is 4.49 Å². The molecular weight excluding hydrogens is 280 g/mol. The summed E-state index contributed by atoms with van der Waals surface area (Å²) in [6.45, 7) is 0. The van der Waals surface area contributed by atoms with Gasteiger partial charge in [-0.3, -0.25) is 4.79 Å². The number of rotatable bonds is 2. The Bertz CT molecular complexity index is 473. The zero-order valence-corrected chi connectivity index (χ0v) is 9.75. The van der Waals surface area contributed by atoms with E-state index in [0.29, 0.717) is 15.2 Å². The highest BCUT2D eigenvalue weighted by Crippen LogP contribution is 2.16. The van der Waals surface area contributed by atoms with E-state index in [0.717, 1.165) is 11.5 Å². The molecule has 15 heavy (non-hydrogen) atoms. The monoisotopic (exact) mass is 284 g/mol. The van der Waals surface area contributed by atoms with Crippen LogP contribution in [0, 0.1) is 0 Å². The molecule has 0 atom stereocenters. The number of halogens is 1. The van der Waals surface area contributed by atoms with Crippen LogP contribution in [-0.4, -0.2) is 20.5 Å². The van der Waals surface area contributed by atoms with Gasteiger partial charge in [0.25, 0.3) is 5.91 Å². The maximum absolute atomic E-state index is 11.7. The molecule has 0 aliphatic heterocycles. The molecule has 0 saturated carbocycles. The molecule has 2 rings (SSSR count). The molecule has 2 heterocycles. The first-order chi connectivity index (χ1) is 7.27. The SMILES string of the molecule is O=C(Nc1cnns1)c1cccnc1Br. The van der Waals surface area contributed by atoms with Crippen LogP contribution in [0.1, 0.15) is 10.4 Å². The summed E-state index contributed by atoms with van der Waals surface area (Å²) in [6.07, 6.45) is 3.10. The third-order valence-electron chi connectivity index (χ3n) is 1.60. The molecule has 0 aliphatic rings. The molecule has 2 aromatic rings. The Balaban J connectivity index is 2.19. The van der Waals surface area contributed by atoms with Crippen molar-refractivity contribution in [3.63, 3.8) is 0 Å². The lowest BCUT2D eigenvalue weighted by atomic mass is 10.3. The standard InChI is InChI=1S/C8H5BrN4OS/c9-7-5(2-1-3-10-7)8(14)12-6-4-11-13-15-6/h1-4H,(H,12,14). The number of anilines is 1. The smallest absolute Gasteiger partial charge is 0.259 e. The zero-order chi connectivity index (χ0) is 10.7. The van der Waals surface area contributed by atoms with Gasteiger partial charge in [-0.2, -0.15) is 0 Å². The van der Waals surface area contributed by atoms with Crippen LogP contribution >= 0.6 is 27.5 Å². The summed E-state index contributed by atoms with van der Waals surface area (Å²) in [7, 11) is 0. The molecule has 0 aromatic carbocycles. The normalized spacial score (nSPS) is 9.93. The Morgan fingerprint density at radius 3 is 3.07 bits per heavy atom. The predicted octanol–water partition coefficient (Wildman–Crippen LogP) is 1.95. The Morgan fingerprint density at radius 1 is 1.53 bits per heavy atom. The fraction of sp³-hybridized carbons (Fsp3) is 0. The number of pyridine rings is 1.